The number of amides is 1. The largest absolute Gasteiger partial charge is 0.401 e. The second kappa shape index (κ2) is 12.9. The monoisotopic (exact) mass is 593 g/mol. The standard InChI is InChI=1S/C30H34F3N9O/c1-19(22-5-4-6-23-24(28(43)34-2)7-10-35-27(22)23)14-36-26-13-25(39-18-40-26)20-15-37-29(38-16-20)41(3)21-8-11-42(12-9-21)17-30(31,32)33/h4-7,10,13,15-16,18-19,21H,8-9,11-12,14,17H2,1-3H3,(H,34,43)(H,36,39,40)/t19-/m1/s1. The maximum absolute atomic E-state index is 12.7. The predicted octanol–water partition coefficient (Wildman–Crippen LogP) is 4.52. The summed E-state index contributed by atoms with van der Waals surface area (Å²) in [4.78, 5) is 38.0. The first-order chi connectivity index (χ1) is 20.6. The van der Waals surface area contributed by atoms with E-state index >= 15 is 0 Å². The number of hydrogen-bond donors (Lipinski definition) is 2. The summed E-state index contributed by atoms with van der Waals surface area (Å²) in [5.41, 5.74) is 3.76. The number of fused-ring (bicyclic) bond motifs is 1. The Bertz CT molecular complexity index is 1560. The average molecular weight is 594 g/mol. The van der Waals surface area contributed by atoms with Crippen LogP contribution in [0.25, 0.3) is 22.2 Å². The molecule has 0 saturated carbocycles. The third-order valence-corrected chi connectivity index (χ3v) is 7.82. The minimum absolute atomic E-state index is 0.0630. The number of hydrogen-bond acceptors (Lipinski definition) is 9. The van der Waals surface area contributed by atoms with Gasteiger partial charge >= 0.3 is 6.18 Å². The summed E-state index contributed by atoms with van der Waals surface area (Å²) in [5, 5.41) is 6.86. The van der Waals surface area contributed by atoms with Crippen LogP contribution in [-0.4, -0.2) is 88.2 Å². The highest BCUT2D eigenvalue weighted by Gasteiger charge is 2.33. The lowest BCUT2D eigenvalue weighted by Gasteiger charge is -2.36. The number of carbonyl (C=O) groups is 1. The van der Waals surface area contributed by atoms with Gasteiger partial charge in [-0.25, -0.2) is 19.9 Å². The summed E-state index contributed by atoms with van der Waals surface area (Å²) in [6.07, 6.45) is 3.56. The van der Waals surface area contributed by atoms with Crippen molar-refractivity contribution in [1.29, 1.82) is 0 Å². The third kappa shape index (κ3) is 7.16. The van der Waals surface area contributed by atoms with Gasteiger partial charge in [0.15, 0.2) is 0 Å². The molecule has 4 heterocycles. The first kappa shape index (κ1) is 30.1. The number of nitrogens with zero attached hydrogens (tertiary/aromatic N) is 7. The highest BCUT2D eigenvalue weighted by molar-refractivity contribution is 6.06. The van der Waals surface area contributed by atoms with E-state index < -0.39 is 12.7 Å². The maximum Gasteiger partial charge on any atom is 0.401 e. The van der Waals surface area contributed by atoms with Gasteiger partial charge in [-0.15, -0.1) is 0 Å². The predicted molar refractivity (Wildman–Crippen MR) is 159 cm³/mol. The number of likely N-dealkylation sites (tertiary alicyclic amines) is 1. The number of nitrogens with one attached hydrogen (secondary N) is 2. The molecule has 226 valence electrons. The van der Waals surface area contributed by atoms with Gasteiger partial charge in [0.1, 0.15) is 12.1 Å². The SMILES string of the molecule is CNC(=O)c1ccnc2c([C@H](C)CNc3cc(-c4cnc(N(C)C5CCN(CC(F)(F)F)CC5)nc4)ncn3)cccc12. The maximum atomic E-state index is 12.7. The Balaban J connectivity index is 1.22. The molecule has 0 aliphatic carbocycles. The molecule has 0 radical (unpaired) electrons. The van der Waals surface area contributed by atoms with E-state index in [0.717, 1.165) is 22.0 Å². The molecule has 1 aromatic carbocycles. The number of anilines is 2. The molecular formula is C30H34F3N9O. The average Bonchev–Trinajstić information content (AvgIpc) is 3.02. The molecule has 13 heteroatoms. The Labute approximate surface area is 247 Å². The van der Waals surface area contributed by atoms with Gasteiger partial charge in [0, 0.05) is 81.3 Å². The summed E-state index contributed by atoms with van der Waals surface area (Å²) >= 11 is 0. The van der Waals surface area contributed by atoms with E-state index in [1.807, 2.05) is 36.2 Å². The first-order valence-electron chi connectivity index (χ1n) is 14.1. The lowest BCUT2D eigenvalue weighted by Crippen LogP contribution is -2.46. The minimum atomic E-state index is -4.18. The number of para-hydroxylation sites is 1. The number of pyridine rings is 1. The summed E-state index contributed by atoms with van der Waals surface area (Å²) in [6.45, 7) is 2.56. The van der Waals surface area contributed by atoms with Gasteiger partial charge in [-0.3, -0.25) is 14.7 Å². The molecule has 1 fully saturated rings. The van der Waals surface area contributed by atoms with Crippen LogP contribution in [0.3, 0.4) is 0 Å². The van der Waals surface area contributed by atoms with Crippen LogP contribution in [0.4, 0.5) is 24.9 Å². The van der Waals surface area contributed by atoms with Crippen LogP contribution in [0.5, 0.6) is 0 Å². The van der Waals surface area contributed by atoms with E-state index in [9.17, 15) is 18.0 Å². The molecule has 0 unspecified atom stereocenters. The number of aromatic nitrogens is 5. The molecule has 4 aromatic rings. The molecule has 3 aromatic heterocycles. The van der Waals surface area contributed by atoms with E-state index in [1.54, 1.807) is 31.7 Å². The number of benzene rings is 1. The van der Waals surface area contributed by atoms with Crippen molar-refractivity contribution < 1.29 is 18.0 Å². The lowest BCUT2D eigenvalue weighted by molar-refractivity contribution is -0.147. The number of carbonyl (C=O) groups excluding carboxylic acids is 1. The van der Waals surface area contributed by atoms with Crippen LogP contribution in [0.1, 0.15) is 41.6 Å². The van der Waals surface area contributed by atoms with Gasteiger partial charge in [0.25, 0.3) is 5.91 Å². The van der Waals surface area contributed by atoms with Crippen molar-refractivity contribution in [3.8, 4) is 11.3 Å². The number of piperidine rings is 1. The van der Waals surface area contributed by atoms with Gasteiger partial charge in [-0.2, -0.15) is 13.2 Å². The molecule has 43 heavy (non-hydrogen) atoms. The van der Waals surface area contributed by atoms with Crippen LogP contribution in [0, 0.1) is 0 Å². The molecule has 1 amide bonds. The molecule has 2 N–H and O–H groups in total. The molecular weight excluding hydrogens is 559 g/mol. The van der Waals surface area contributed by atoms with Crippen LogP contribution in [0.2, 0.25) is 0 Å². The molecule has 0 spiro atoms. The van der Waals surface area contributed by atoms with E-state index in [1.165, 1.54) is 11.2 Å². The third-order valence-electron chi connectivity index (χ3n) is 7.82. The van der Waals surface area contributed by atoms with E-state index in [2.05, 4.69) is 42.5 Å². The fraction of sp³-hybridized carbons (Fsp3) is 0.400. The number of alkyl halides is 3. The summed E-state index contributed by atoms with van der Waals surface area (Å²) in [7, 11) is 3.48. The first-order valence-corrected chi connectivity index (χ1v) is 14.1. The van der Waals surface area contributed by atoms with Crippen LogP contribution in [-0.2, 0) is 0 Å². The summed E-state index contributed by atoms with van der Waals surface area (Å²) < 4.78 is 38.1. The fourth-order valence-electron chi connectivity index (χ4n) is 5.43. The van der Waals surface area contributed by atoms with Gasteiger partial charge in [-0.1, -0.05) is 25.1 Å². The molecule has 5 rings (SSSR count). The van der Waals surface area contributed by atoms with Crippen LogP contribution >= 0.6 is 0 Å². The zero-order chi connectivity index (χ0) is 30.6. The van der Waals surface area contributed by atoms with E-state index in [4.69, 9.17) is 0 Å². The molecule has 1 saturated heterocycles. The van der Waals surface area contributed by atoms with Gasteiger partial charge in [0.05, 0.1) is 23.3 Å². The second-order valence-electron chi connectivity index (χ2n) is 10.8. The number of rotatable bonds is 9. The Morgan fingerprint density at radius 2 is 1.84 bits per heavy atom. The van der Waals surface area contributed by atoms with Crippen molar-refractivity contribution in [3.63, 3.8) is 0 Å². The topological polar surface area (TPSA) is 112 Å². The van der Waals surface area contributed by atoms with E-state index in [-0.39, 0.29) is 17.9 Å². The van der Waals surface area contributed by atoms with Crippen LogP contribution < -0.4 is 15.5 Å². The molecule has 1 aliphatic rings. The molecule has 0 bridgehead atoms. The Hall–Kier alpha value is -4.39. The number of halogens is 3. The zero-order valence-corrected chi connectivity index (χ0v) is 24.3. The molecule has 1 atom stereocenters. The van der Waals surface area contributed by atoms with Crippen molar-refractivity contribution in [3.05, 3.63) is 66.4 Å². The highest BCUT2D eigenvalue weighted by Crippen LogP contribution is 2.28. The fourth-order valence-corrected chi connectivity index (χ4v) is 5.43. The summed E-state index contributed by atoms with van der Waals surface area (Å²) in [6, 6.07) is 9.47. The van der Waals surface area contributed by atoms with Crippen molar-refractivity contribution >= 4 is 28.6 Å². The zero-order valence-electron chi connectivity index (χ0n) is 24.3. The Morgan fingerprint density at radius 1 is 1.09 bits per heavy atom. The molecule has 10 nitrogen and oxygen atoms in total. The second-order valence-corrected chi connectivity index (χ2v) is 10.8. The smallest absolute Gasteiger partial charge is 0.369 e. The highest BCUT2D eigenvalue weighted by atomic mass is 19.4. The van der Waals surface area contributed by atoms with Crippen LogP contribution in [0.15, 0.2) is 55.2 Å². The normalized spacial score (nSPS) is 15.3. The molecule has 1 aliphatic heterocycles. The minimum Gasteiger partial charge on any atom is -0.369 e. The quantitative estimate of drug-likeness (QED) is 0.289. The van der Waals surface area contributed by atoms with Crippen molar-refractivity contribution in [1.82, 2.24) is 35.1 Å². The van der Waals surface area contributed by atoms with Crippen molar-refractivity contribution in [2.75, 3.05) is 50.5 Å². The van der Waals surface area contributed by atoms with Gasteiger partial charge < -0.3 is 15.5 Å². The van der Waals surface area contributed by atoms with E-state index in [0.29, 0.717) is 55.5 Å². The van der Waals surface area contributed by atoms with Gasteiger partial charge in [-0.05, 0) is 24.5 Å². The summed E-state index contributed by atoms with van der Waals surface area (Å²) in [5.74, 6) is 1.07. The van der Waals surface area contributed by atoms with Gasteiger partial charge in [0.2, 0.25) is 5.95 Å². The van der Waals surface area contributed by atoms with Crippen molar-refractivity contribution in [2.24, 2.45) is 0 Å². The Morgan fingerprint density at radius 3 is 2.53 bits per heavy atom. The lowest BCUT2D eigenvalue weighted by atomic mass is 9.96. The Kier molecular flexibility index (Phi) is 9.00. The van der Waals surface area contributed by atoms with Crippen molar-refractivity contribution in [2.45, 2.75) is 37.9 Å².